The van der Waals surface area contributed by atoms with Gasteiger partial charge in [-0.05, 0) is 6.92 Å². The third-order valence-corrected chi connectivity index (χ3v) is 2.82. The van der Waals surface area contributed by atoms with Crippen molar-refractivity contribution in [3.63, 3.8) is 0 Å². The van der Waals surface area contributed by atoms with Gasteiger partial charge < -0.3 is 4.90 Å². The van der Waals surface area contributed by atoms with E-state index in [0.29, 0.717) is 11.7 Å². The molecular weight excluding hydrogens is 188 g/mol. The Bertz CT molecular complexity index is 337. The molecule has 70 valence electrons. The van der Waals surface area contributed by atoms with Gasteiger partial charge in [0.15, 0.2) is 0 Å². The quantitative estimate of drug-likeness (QED) is 0.668. The van der Waals surface area contributed by atoms with Gasteiger partial charge in [-0.2, -0.15) is 0 Å². The summed E-state index contributed by atoms with van der Waals surface area (Å²) >= 11 is 1.45. The molecule has 0 spiro atoms. The van der Waals surface area contributed by atoms with E-state index in [0.717, 1.165) is 11.6 Å². The number of amides is 2. The molecule has 2 heterocycles. The van der Waals surface area contributed by atoms with Crippen molar-refractivity contribution >= 4 is 22.5 Å². The molecule has 1 aromatic heterocycles. The molecule has 5 nitrogen and oxygen atoms in total. The van der Waals surface area contributed by atoms with Crippen LogP contribution in [0.5, 0.6) is 0 Å². The average Bonchev–Trinajstić information content (AvgIpc) is 2.62. The van der Waals surface area contributed by atoms with Gasteiger partial charge in [0.2, 0.25) is 5.13 Å². The zero-order valence-electron chi connectivity index (χ0n) is 7.52. The Morgan fingerprint density at radius 2 is 2.15 bits per heavy atom. The lowest BCUT2D eigenvalue weighted by atomic mass is 10.6. The maximum Gasteiger partial charge on any atom is 0.326 e. The number of aryl methyl sites for hydroxylation is 1. The van der Waals surface area contributed by atoms with E-state index in [4.69, 9.17) is 0 Å². The zero-order valence-corrected chi connectivity index (χ0v) is 8.34. The largest absolute Gasteiger partial charge is 0.326 e. The minimum Gasteiger partial charge on any atom is -0.326 e. The highest BCUT2D eigenvalue weighted by molar-refractivity contribution is 7.15. The molecule has 6 heteroatoms. The van der Waals surface area contributed by atoms with E-state index in [1.807, 2.05) is 6.92 Å². The third-order valence-electron chi connectivity index (χ3n) is 1.96. The summed E-state index contributed by atoms with van der Waals surface area (Å²) in [5.74, 6) is 0. The minimum atomic E-state index is 0.0103. The van der Waals surface area contributed by atoms with Gasteiger partial charge in [-0.15, -0.1) is 10.2 Å². The van der Waals surface area contributed by atoms with Crippen LogP contribution >= 0.6 is 11.3 Å². The fourth-order valence-electron chi connectivity index (χ4n) is 1.22. The molecule has 0 saturated carbocycles. The normalized spacial score (nSPS) is 17.2. The van der Waals surface area contributed by atoms with E-state index in [1.165, 1.54) is 11.3 Å². The van der Waals surface area contributed by atoms with Crippen molar-refractivity contribution in [2.75, 3.05) is 25.0 Å². The number of carbonyl (C=O) groups is 1. The summed E-state index contributed by atoms with van der Waals surface area (Å²) in [6, 6.07) is 0.0103. The SMILES string of the molecule is Cc1nnc(N2CCN(C)C2=O)s1. The molecule has 13 heavy (non-hydrogen) atoms. The smallest absolute Gasteiger partial charge is 0.326 e. The molecule has 1 aliphatic heterocycles. The summed E-state index contributed by atoms with van der Waals surface area (Å²) in [4.78, 5) is 14.8. The first-order valence-electron chi connectivity index (χ1n) is 4.01. The topological polar surface area (TPSA) is 49.3 Å². The molecular formula is C7H10N4OS. The van der Waals surface area contributed by atoms with Crippen LogP contribution in [0.15, 0.2) is 0 Å². The first-order valence-corrected chi connectivity index (χ1v) is 4.83. The molecule has 0 radical (unpaired) electrons. The van der Waals surface area contributed by atoms with Crippen LogP contribution in [0.2, 0.25) is 0 Å². The Kier molecular flexibility index (Phi) is 1.91. The Balaban J connectivity index is 2.23. The number of anilines is 1. The molecule has 2 amide bonds. The van der Waals surface area contributed by atoms with Crippen molar-refractivity contribution in [3.8, 4) is 0 Å². The van der Waals surface area contributed by atoms with Gasteiger partial charge in [0.1, 0.15) is 5.01 Å². The van der Waals surface area contributed by atoms with Gasteiger partial charge in [0, 0.05) is 20.1 Å². The summed E-state index contributed by atoms with van der Waals surface area (Å²) in [6.07, 6.45) is 0. The van der Waals surface area contributed by atoms with E-state index in [9.17, 15) is 4.79 Å². The maximum atomic E-state index is 11.5. The van der Waals surface area contributed by atoms with Gasteiger partial charge >= 0.3 is 6.03 Å². The second kappa shape index (κ2) is 2.95. The molecule has 1 aliphatic rings. The first kappa shape index (κ1) is 8.43. The number of hydrogen-bond acceptors (Lipinski definition) is 4. The highest BCUT2D eigenvalue weighted by Crippen LogP contribution is 2.22. The maximum absolute atomic E-state index is 11.5. The third kappa shape index (κ3) is 1.37. The fraction of sp³-hybridized carbons (Fsp3) is 0.571. The first-order chi connectivity index (χ1) is 6.18. The average molecular weight is 198 g/mol. The molecule has 1 aromatic rings. The number of rotatable bonds is 1. The predicted octanol–water partition coefficient (Wildman–Crippen LogP) is 0.718. The van der Waals surface area contributed by atoms with Crippen LogP contribution in [0.25, 0.3) is 0 Å². The summed E-state index contributed by atoms with van der Waals surface area (Å²) in [5, 5.41) is 9.39. The number of carbonyl (C=O) groups excluding carboxylic acids is 1. The fourth-order valence-corrected chi connectivity index (χ4v) is 1.93. The predicted molar refractivity (Wildman–Crippen MR) is 50.0 cm³/mol. The number of likely N-dealkylation sites (N-methyl/N-ethyl adjacent to an activating group) is 1. The van der Waals surface area contributed by atoms with Gasteiger partial charge in [-0.25, -0.2) is 4.79 Å². The van der Waals surface area contributed by atoms with E-state index in [-0.39, 0.29) is 6.03 Å². The lowest BCUT2D eigenvalue weighted by Gasteiger charge is -2.10. The molecule has 0 bridgehead atoms. The van der Waals surface area contributed by atoms with Crippen molar-refractivity contribution < 1.29 is 4.79 Å². The Hall–Kier alpha value is -1.17. The van der Waals surface area contributed by atoms with Gasteiger partial charge in [0.25, 0.3) is 0 Å². The lowest BCUT2D eigenvalue weighted by Crippen LogP contribution is -2.29. The van der Waals surface area contributed by atoms with Crippen molar-refractivity contribution in [2.45, 2.75) is 6.92 Å². The molecule has 1 fully saturated rings. The number of nitrogens with zero attached hydrogens (tertiary/aromatic N) is 4. The standard InChI is InChI=1S/C7H10N4OS/c1-5-8-9-6(13-5)11-4-3-10(2)7(11)12/h3-4H2,1-2H3. The number of aromatic nitrogens is 2. The molecule has 1 saturated heterocycles. The van der Waals surface area contributed by atoms with Gasteiger partial charge in [-0.3, -0.25) is 4.90 Å². The molecule has 2 rings (SSSR count). The van der Waals surface area contributed by atoms with Crippen LogP contribution in [0.4, 0.5) is 9.93 Å². The monoisotopic (exact) mass is 198 g/mol. The second-order valence-electron chi connectivity index (χ2n) is 2.96. The Labute approximate surface area is 80.0 Å². The summed E-state index contributed by atoms with van der Waals surface area (Å²) in [5.41, 5.74) is 0. The van der Waals surface area contributed by atoms with Gasteiger partial charge in [-0.1, -0.05) is 11.3 Å². The zero-order chi connectivity index (χ0) is 9.42. The van der Waals surface area contributed by atoms with Crippen LogP contribution in [0.3, 0.4) is 0 Å². The van der Waals surface area contributed by atoms with Crippen LogP contribution in [0.1, 0.15) is 5.01 Å². The molecule has 0 unspecified atom stereocenters. The van der Waals surface area contributed by atoms with E-state index in [1.54, 1.807) is 16.8 Å². The van der Waals surface area contributed by atoms with E-state index >= 15 is 0 Å². The van der Waals surface area contributed by atoms with Crippen molar-refractivity contribution in [1.29, 1.82) is 0 Å². The van der Waals surface area contributed by atoms with Gasteiger partial charge in [0.05, 0.1) is 0 Å². The van der Waals surface area contributed by atoms with Crippen LogP contribution in [0, 0.1) is 6.92 Å². The summed E-state index contributed by atoms with van der Waals surface area (Å²) < 4.78 is 0. The van der Waals surface area contributed by atoms with Crippen molar-refractivity contribution in [2.24, 2.45) is 0 Å². The van der Waals surface area contributed by atoms with Crippen molar-refractivity contribution in [1.82, 2.24) is 15.1 Å². The van der Waals surface area contributed by atoms with E-state index in [2.05, 4.69) is 10.2 Å². The molecule has 0 N–H and O–H groups in total. The number of urea groups is 1. The van der Waals surface area contributed by atoms with Crippen LogP contribution in [-0.4, -0.2) is 41.3 Å². The van der Waals surface area contributed by atoms with Crippen LogP contribution < -0.4 is 4.90 Å². The Morgan fingerprint density at radius 1 is 1.38 bits per heavy atom. The molecule has 0 aliphatic carbocycles. The molecule has 0 atom stereocenters. The Morgan fingerprint density at radius 3 is 2.62 bits per heavy atom. The highest BCUT2D eigenvalue weighted by atomic mass is 32.1. The second-order valence-corrected chi connectivity index (χ2v) is 4.12. The van der Waals surface area contributed by atoms with Crippen molar-refractivity contribution in [3.05, 3.63) is 5.01 Å². The molecule has 0 aromatic carbocycles. The minimum absolute atomic E-state index is 0.0103. The highest BCUT2D eigenvalue weighted by Gasteiger charge is 2.28. The summed E-state index contributed by atoms with van der Waals surface area (Å²) in [6.45, 7) is 3.35. The lowest BCUT2D eigenvalue weighted by molar-refractivity contribution is 0.229. The summed E-state index contributed by atoms with van der Waals surface area (Å²) in [7, 11) is 1.79. The van der Waals surface area contributed by atoms with E-state index < -0.39 is 0 Å². The number of hydrogen-bond donors (Lipinski definition) is 0. The van der Waals surface area contributed by atoms with Crippen LogP contribution in [-0.2, 0) is 0 Å².